The van der Waals surface area contributed by atoms with E-state index in [-0.39, 0.29) is 18.0 Å². The number of benzene rings is 1. The molecule has 3 nitrogen and oxygen atoms in total. The standard InChI is InChI=1S/C15H24FNO2/c1-3-11(4-2)14(18)9-17-10-15(19)12-7-5-6-8-13(12)16/h5-8,11,14-15,17-19H,3-4,9-10H2,1-2H3. The number of halogens is 1. The largest absolute Gasteiger partial charge is 0.392 e. The normalized spacial score (nSPS) is 14.6. The first-order valence-corrected chi connectivity index (χ1v) is 6.91. The van der Waals surface area contributed by atoms with Gasteiger partial charge in [-0.05, 0) is 12.0 Å². The van der Waals surface area contributed by atoms with Gasteiger partial charge in [-0.2, -0.15) is 0 Å². The molecule has 1 aromatic carbocycles. The van der Waals surface area contributed by atoms with Crippen LogP contribution < -0.4 is 5.32 Å². The van der Waals surface area contributed by atoms with E-state index < -0.39 is 18.0 Å². The molecule has 0 fully saturated rings. The van der Waals surface area contributed by atoms with Gasteiger partial charge in [0.05, 0.1) is 12.2 Å². The summed E-state index contributed by atoms with van der Waals surface area (Å²) in [5.74, 6) is -0.143. The summed E-state index contributed by atoms with van der Waals surface area (Å²) in [5.41, 5.74) is 0.284. The van der Waals surface area contributed by atoms with E-state index in [0.29, 0.717) is 6.54 Å². The summed E-state index contributed by atoms with van der Waals surface area (Å²) in [7, 11) is 0. The lowest BCUT2D eigenvalue weighted by Gasteiger charge is -2.21. The minimum atomic E-state index is -0.893. The molecule has 0 aliphatic carbocycles. The third kappa shape index (κ3) is 4.90. The molecule has 0 spiro atoms. The lowest BCUT2D eigenvalue weighted by Crippen LogP contribution is -2.34. The zero-order chi connectivity index (χ0) is 14.3. The van der Waals surface area contributed by atoms with Crippen LogP contribution in [-0.2, 0) is 0 Å². The van der Waals surface area contributed by atoms with Crippen LogP contribution in [0.3, 0.4) is 0 Å². The predicted molar refractivity (Wildman–Crippen MR) is 74.3 cm³/mol. The maximum Gasteiger partial charge on any atom is 0.129 e. The van der Waals surface area contributed by atoms with Gasteiger partial charge in [0.1, 0.15) is 5.82 Å². The van der Waals surface area contributed by atoms with Crippen LogP contribution in [0.1, 0.15) is 38.4 Å². The van der Waals surface area contributed by atoms with E-state index in [0.717, 1.165) is 12.8 Å². The van der Waals surface area contributed by atoms with Crippen LogP contribution in [0.15, 0.2) is 24.3 Å². The maximum atomic E-state index is 13.4. The second kappa shape index (κ2) is 8.25. The van der Waals surface area contributed by atoms with Crippen molar-refractivity contribution in [3.05, 3.63) is 35.6 Å². The van der Waals surface area contributed by atoms with Gasteiger partial charge in [-0.25, -0.2) is 4.39 Å². The Kier molecular flexibility index (Phi) is 6.99. The molecule has 0 saturated heterocycles. The smallest absolute Gasteiger partial charge is 0.129 e. The average Bonchev–Trinajstić information content (AvgIpc) is 2.40. The summed E-state index contributed by atoms with van der Waals surface area (Å²) in [6, 6.07) is 6.19. The molecule has 0 radical (unpaired) electrons. The van der Waals surface area contributed by atoms with E-state index in [9.17, 15) is 14.6 Å². The molecule has 0 aliphatic heterocycles. The first-order chi connectivity index (χ1) is 9.10. The van der Waals surface area contributed by atoms with Gasteiger partial charge in [-0.15, -0.1) is 0 Å². The van der Waals surface area contributed by atoms with Crippen molar-refractivity contribution in [1.29, 1.82) is 0 Å². The van der Waals surface area contributed by atoms with E-state index in [4.69, 9.17) is 0 Å². The van der Waals surface area contributed by atoms with Crippen molar-refractivity contribution in [3.8, 4) is 0 Å². The molecule has 0 heterocycles. The molecular weight excluding hydrogens is 245 g/mol. The molecule has 0 aliphatic rings. The molecule has 0 bridgehead atoms. The van der Waals surface area contributed by atoms with Crippen LogP contribution in [-0.4, -0.2) is 29.4 Å². The van der Waals surface area contributed by atoms with Crippen LogP contribution in [0.5, 0.6) is 0 Å². The lowest BCUT2D eigenvalue weighted by molar-refractivity contribution is 0.0941. The number of rotatable bonds is 8. The van der Waals surface area contributed by atoms with E-state index in [1.54, 1.807) is 18.2 Å². The highest BCUT2D eigenvalue weighted by Gasteiger charge is 2.16. The molecular formula is C15H24FNO2. The molecule has 4 heteroatoms. The third-order valence-corrected chi connectivity index (χ3v) is 3.55. The first kappa shape index (κ1) is 16.1. The summed E-state index contributed by atoms with van der Waals surface area (Å²) in [5, 5.41) is 22.8. The zero-order valence-electron chi connectivity index (χ0n) is 11.6. The minimum absolute atomic E-state index is 0.234. The predicted octanol–water partition coefficient (Wildman–Crippen LogP) is 2.25. The van der Waals surface area contributed by atoms with Crippen molar-refractivity contribution < 1.29 is 14.6 Å². The van der Waals surface area contributed by atoms with Gasteiger partial charge in [0, 0.05) is 18.7 Å². The molecule has 1 aromatic rings. The average molecular weight is 269 g/mol. The number of hydrogen-bond acceptors (Lipinski definition) is 3. The Labute approximate surface area is 114 Å². The Hall–Kier alpha value is -0.970. The minimum Gasteiger partial charge on any atom is -0.392 e. The number of aliphatic hydroxyl groups excluding tert-OH is 2. The van der Waals surface area contributed by atoms with Gasteiger partial charge in [0.25, 0.3) is 0 Å². The topological polar surface area (TPSA) is 52.5 Å². The molecule has 2 unspecified atom stereocenters. The highest BCUT2D eigenvalue weighted by atomic mass is 19.1. The van der Waals surface area contributed by atoms with Crippen molar-refractivity contribution in [3.63, 3.8) is 0 Å². The number of aliphatic hydroxyl groups is 2. The van der Waals surface area contributed by atoms with Gasteiger partial charge in [0.15, 0.2) is 0 Å². The monoisotopic (exact) mass is 269 g/mol. The van der Waals surface area contributed by atoms with Gasteiger partial charge < -0.3 is 15.5 Å². The highest BCUT2D eigenvalue weighted by molar-refractivity contribution is 5.19. The highest BCUT2D eigenvalue weighted by Crippen LogP contribution is 2.16. The summed E-state index contributed by atoms with van der Waals surface area (Å²) >= 11 is 0. The quantitative estimate of drug-likeness (QED) is 0.678. The Morgan fingerprint density at radius 2 is 1.74 bits per heavy atom. The molecule has 2 atom stereocenters. The molecule has 19 heavy (non-hydrogen) atoms. The summed E-state index contributed by atoms with van der Waals surface area (Å²) < 4.78 is 13.4. The number of nitrogens with one attached hydrogen (secondary N) is 1. The zero-order valence-corrected chi connectivity index (χ0v) is 11.6. The van der Waals surface area contributed by atoms with Crippen molar-refractivity contribution in [1.82, 2.24) is 5.32 Å². The maximum absolute atomic E-state index is 13.4. The molecule has 108 valence electrons. The van der Waals surface area contributed by atoms with Gasteiger partial charge >= 0.3 is 0 Å². The van der Waals surface area contributed by atoms with E-state index >= 15 is 0 Å². The van der Waals surface area contributed by atoms with Crippen molar-refractivity contribution in [2.45, 2.75) is 38.9 Å². The van der Waals surface area contributed by atoms with Crippen LogP contribution >= 0.6 is 0 Å². The number of hydrogen-bond donors (Lipinski definition) is 3. The van der Waals surface area contributed by atoms with Crippen LogP contribution in [0.25, 0.3) is 0 Å². The van der Waals surface area contributed by atoms with Crippen LogP contribution in [0, 0.1) is 11.7 Å². The lowest BCUT2D eigenvalue weighted by atomic mass is 9.96. The fourth-order valence-corrected chi connectivity index (χ4v) is 2.22. The van der Waals surface area contributed by atoms with Crippen LogP contribution in [0.4, 0.5) is 4.39 Å². The Bertz CT molecular complexity index is 369. The first-order valence-electron chi connectivity index (χ1n) is 6.91. The molecule has 1 rings (SSSR count). The Balaban J connectivity index is 2.39. The summed E-state index contributed by atoms with van der Waals surface area (Å²) in [6.07, 6.45) is 0.530. The second-order valence-electron chi connectivity index (χ2n) is 4.84. The van der Waals surface area contributed by atoms with Crippen molar-refractivity contribution in [2.75, 3.05) is 13.1 Å². The van der Waals surface area contributed by atoms with Gasteiger partial charge in [-0.3, -0.25) is 0 Å². The van der Waals surface area contributed by atoms with Crippen molar-refractivity contribution >= 4 is 0 Å². The Morgan fingerprint density at radius 3 is 2.32 bits per heavy atom. The molecule has 0 aromatic heterocycles. The van der Waals surface area contributed by atoms with E-state index in [1.165, 1.54) is 6.07 Å². The molecule has 0 amide bonds. The fourth-order valence-electron chi connectivity index (χ4n) is 2.22. The fraction of sp³-hybridized carbons (Fsp3) is 0.600. The SMILES string of the molecule is CCC(CC)C(O)CNCC(O)c1ccccc1F. The van der Waals surface area contributed by atoms with Crippen LogP contribution in [0.2, 0.25) is 0 Å². The van der Waals surface area contributed by atoms with Gasteiger partial charge in [0.2, 0.25) is 0 Å². The second-order valence-corrected chi connectivity index (χ2v) is 4.84. The summed E-state index contributed by atoms with van der Waals surface area (Å²) in [4.78, 5) is 0. The molecule has 0 saturated carbocycles. The third-order valence-electron chi connectivity index (χ3n) is 3.55. The van der Waals surface area contributed by atoms with E-state index in [2.05, 4.69) is 5.32 Å². The summed E-state index contributed by atoms with van der Waals surface area (Å²) in [6.45, 7) is 4.74. The molecule has 3 N–H and O–H groups in total. The van der Waals surface area contributed by atoms with Crippen molar-refractivity contribution in [2.24, 2.45) is 5.92 Å². The Morgan fingerprint density at radius 1 is 1.11 bits per heavy atom. The van der Waals surface area contributed by atoms with Gasteiger partial charge in [-0.1, -0.05) is 44.9 Å². The van der Waals surface area contributed by atoms with E-state index in [1.807, 2.05) is 13.8 Å².